The van der Waals surface area contributed by atoms with Gasteiger partial charge in [0.25, 0.3) is 0 Å². The van der Waals surface area contributed by atoms with Crippen molar-refractivity contribution in [2.75, 3.05) is 5.43 Å². The highest BCUT2D eigenvalue weighted by Gasteiger charge is 2.01. The first-order chi connectivity index (χ1) is 11.9. The minimum absolute atomic E-state index is 0.789. The molecule has 0 aliphatic carbocycles. The number of benzene rings is 2. The van der Waals surface area contributed by atoms with Crippen molar-refractivity contribution >= 4 is 32.9 Å². The van der Waals surface area contributed by atoms with E-state index in [1.165, 1.54) is 0 Å². The molecule has 2 aromatic carbocycles. The number of anilines is 1. The average molecular weight is 330 g/mol. The van der Waals surface area contributed by atoms with Crippen LogP contribution in [0.25, 0.3) is 21.5 Å². The van der Waals surface area contributed by atoms with Gasteiger partial charge < -0.3 is 0 Å². The van der Waals surface area contributed by atoms with Crippen LogP contribution < -0.4 is 5.43 Å². The van der Waals surface area contributed by atoms with Crippen LogP contribution in [0.4, 0.5) is 5.13 Å². The Bertz CT molecular complexity index is 942. The molecule has 0 aliphatic heterocycles. The molecule has 0 atom stereocenters. The minimum atomic E-state index is 0.789. The summed E-state index contributed by atoms with van der Waals surface area (Å²) in [4.78, 5) is 8.83. The van der Waals surface area contributed by atoms with Gasteiger partial charge in [0, 0.05) is 11.8 Å². The molecule has 0 saturated carbocycles. The fraction of sp³-hybridized carbons (Fsp3) is 0. The molecule has 0 spiro atoms. The molecule has 0 fully saturated rings. The Morgan fingerprint density at radius 1 is 0.917 bits per heavy atom. The van der Waals surface area contributed by atoms with E-state index in [9.17, 15) is 0 Å². The van der Waals surface area contributed by atoms with E-state index in [0.29, 0.717) is 0 Å². The van der Waals surface area contributed by atoms with Crippen molar-refractivity contribution in [1.29, 1.82) is 0 Å². The van der Waals surface area contributed by atoms with E-state index in [2.05, 4.69) is 26.6 Å². The minimum Gasteiger partial charge on any atom is -0.256 e. The Morgan fingerprint density at radius 3 is 2.54 bits per heavy atom. The summed E-state index contributed by atoms with van der Waals surface area (Å²) in [7, 11) is 0. The van der Waals surface area contributed by atoms with Crippen LogP contribution >= 0.6 is 11.3 Å². The topological polar surface area (TPSA) is 50.2 Å². The van der Waals surface area contributed by atoms with Gasteiger partial charge in [-0.15, -0.1) is 0 Å². The molecule has 0 aliphatic rings. The molecule has 0 amide bonds. The highest BCUT2D eigenvalue weighted by atomic mass is 32.1. The number of thiazole rings is 1. The number of nitrogens with zero attached hydrogens (tertiary/aromatic N) is 3. The molecular formula is C19H14N4S. The third-order valence-corrected chi connectivity index (χ3v) is 4.48. The molecule has 4 rings (SSSR count). The molecule has 5 heteroatoms. The summed E-state index contributed by atoms with van der Waals surface area (Å²) >= 11 is 1.59. The van der Waals surface area contributed by atoms with Gasteiger partial charge in [-0.3, -0.25) is 10.4 Å². The first kappa shape index (κ1) is 14.5. The predicted octanol–water partition coefficient (Wildman–Crippen LogP) is 4.80. The van der Waals surface area contributed by atoms with Gasteiger partial charge in [-0.25, -0.2) is 4.98 Å². The van der Waals surface area contributed by atoms with E-state index >= 15 is 0 Å². The summed E-state index contributed by atoms with van der Waals surface area (Å²) in [5.41, 5.74) is 7.05. The Hall–Kier alpha value is -3.05. The van der Waals surface area contributed by atoms with Gasteiger partial charge in [0.15, 0.2) is 0 Å². The van der Waals surface area contributed by atoms with E-state index in [0.717, 1.165) is 32.2 Å². The van der Waals surface area contributed by atoms with Crippen molar-refractivity contribution in [2.24, 2.45) is 5.10 Å². The maximum atomic E-state index is 4.48. The molecular weight excluding hydrogens is 316 g/mol. The standard InChI is InChI=1S/C19H14N4S/c1-2-7-18-17(6-1)22-19(24-18)23-21-13-14-8-10-15(11-9-14)16-5-3-4-12-20-16/h1-13H,(H,22,23)/b21-13+. The zero-order valence-electron chi connectivity index (χ0n) is 12.8. The lowest BCUT2D eigenvalue weighted by atomic mass is 10.1. The van der Waals surface area contributed by atoms with Gasteiger partial charge in [0.2, 0.25) is 5.13 Å². The van der Waals surface area contributed by atoms with E-state index in [-0.39, 0.29) is 0 Å². The van der Waals surface area contributed by atoms with Gasteiger partial charge in [-0.2, -0.15) is 5.10 Å². The van der Waals surface area contributed by atoms with Crippen LogP contribution in [0.1, 0.15) is 5.56 Å². The summed E-state index contributed by atoms with van der Waals surface area (Å²) in [6, 6.07) is 22.1. The average Bonchev–Trinajstić information content (AvgIpc) is 3.06. The zero-order chi connectivity index (χ0) is 16.2. The van der Waals surface area contributed by atoms with E-state index in [4.69, 9.17) is 0 Å². The highest BCUT2D eigenvalue weighted by molar-refractivity contribution is 7.22. The van der Waals surface area contributed by atoms with Crippen LogP contribution in [0, 0.1) is 0 Å². The lowest BCUT2D eigenvalue weighted by Crippen LogP contribution is -1.90. The summed E-state index contributed by atoms with van der Waals surface area (Å²) in [5.74, 6) is 0. The van der Waals surface area contributed by atoms with Gasteiger partial charge in [-0.1, -0.05) is 53.8 Å². The summed E-state index contributed by atoms with van der Waals surface area (Å²) in [6.07, 6.45) is 3.58. The van der Waals surface area contributed by atoms with Crippen LogP contribution in [-0.4, -0.2) is 16.2 Å². The number of nitrogens with one attached hydrogen (secondary N) is 1. The van der Waals surface area contributed by atoms with Crippen molar-refractivity contribution in [3.05, 3.63) is 78.5 Å². The second-order valence-corrected chi connectivity index (χ2v) is 6.22. The van der Waals surface area contributed by atoms with Gasteiger partial charge >= 0.3 is 0 Å². The van der Waals surface area contributed by atoms with Gasteiger partial charge in [0.05, 0.1) is 22.1 Å². The van der Waals surface area contributed by atoms with Crippen molar-refractivity contribution < 1.29 is 0 Å². The van der Waals surface area contributed by atoms with Crippen LogP contribution in [0.5, 0.6) is 0 Å². The Kier molecular flexibility index (Phi) is 4.00. The fourth-order valence-electron chi connectivity index (χ4n) is 2.36. The largest absolute Gasteiger partial charge is 0.256 e. The van der Waals surface area contributed by atoms with E-state index in [1.54, 1.807) is 23.7 Å². The highest BCUT2D eigenvalue weighted by Crippen LogP contribution is 2.25. The van der Waals surface area contributed by atoms with Crippen molar-refractivity contribution in [2.45, 2.75) is 0 Å². The van der Waals surface area contributed by atoms with Crippen LogP contribution in [0.2, 0.25) is 0 Å². The SMILES string of the molecule is C(=N\Nc1nc2ccccc2s1)/c1ccc(-c2ccccn2)cc1. The number of hydrazone groups is 1. The lowest BCUT2D eigenvalue weighted by molar-refractivity contribution is 1.31. The fourth-order valence-corrected chi connectivity index (χ4v) is 3.17. The van der Waals surface area contributed by atoms with E-state index in [1.807, 2.05) is 60.7 Å². The number of hydrogen-bond donors (Lipinski definition) is 1. The maximum Gasteiger partial charge on any atom is 0.204 e. The van der Waals surface area contributed by atoms with Gasteiger partial charge in [0.1, 0.15) is 0 Å². The number of rotatable bonds is 4. The molecule has 2 aromatic heterocycles. The van der Waals surface area contributed by atoms with E-state index < -0.39 is 0 Å². The normalized spacial score (nSPS) is 11.2. The van der Waals surface area contributed by atoms with Crippen LogP contribution in [-0.2, 0) is 0 Å². The van der Waals surface area contributed by atoms with Crippen molar-refractivity contribution in [3.63, 3.8) is 0 Å². The molecule has 0 bridgehead atoms. The number of hydrogen-bond acceptors (Lipinski definition) is 5. The van der Waals surface area contributed by atoms with Gasteiger partial charge in [-0.05, 0) is 29.8 Å². The first-order valence-corrected chi connectivity index (χ1v) is 8.36. The van der Waals surface area contributed by atoms with Crippen molar-refractivity contribution in [3.8, 4) is 11.3 Å². The number of pyridine rings is 1. The lowest BCUT2D eigenvalue weighted by Gasteiger charge is -2.00. The molecule has 0 radical (unpaired) electrons. The third-order valence-electron chi connectivity index (χ3n) is 3.54. The monoisotopic (exact) mass is 330 g/mol. The molecule has 24 heavy (non-hydrogen) atoms. The second-order valence-electron chi connectivity index (χ2n) is 5.19. The molecule has 1 N–H and O–H groups in total. The molecule has 4 aromatic rings. The third kappa shape index (κ3) is 3.16. The van der Waals surface area contributed by atoms with Crippen LogP contribution in [0.15, 0.2) is 78.0 Å². The number of fused-ring (bicyclic) bond motifs is 1. The predicted molar refractivity (Wildman–Crippen MR) is 101 cm³/mol. The molecule has 116 valence electrons. The Morgan fingerprint density at radius 2 is 1.75 bits per heavy atom. The summed E-state index contributed by atoms with van der Waals surface area (Å²) < 4.78 is 1.15. The van der Waals surface area contributed by atoms with Crippen LogP contribution in [0.3, 0.4) is 0 Å². The summed E-state index contributed by atoms with van der Waals surface area (Å²) in [5, 5.41) is 5.06. The molecule has 0 unspecified atom stereocenters. The molecule has 2 heterocycles. The first-order valence-electron chi connectivity index (χ1n) is 7.55. The zero-order valence-corrected chi connectivity index (χ0v) is 13.6. The summed E-state index contributed by atoms with van der Waals surface area (Å²) in [6.45, 7) is 0. The quantitative estimate of drug-likeness (QED) is 0.432. The maximum absolute atomic E-state index is 4.48. The van der Waals surface area contributed by atoms with Crippen molar-refractivity contribution in [1.82, 2.24) is 9.97 Å². The number of aromatic nitrogens is 2. The number of para-hydroxylation sites is 1. The Labute approximate surface area is 143 Å². The smallest absolute Gasteiger partial charge is 0.204 e. The molecule has 0 saturated heterocycles. The molecule has 4 nitrogen and oxygen atoms in total. The second kappa shape index (κ2) is 6.60. The Balaban J connectivity index is 1.46.